The number of nitrogens with zero attached hydrogens (tertiary/aromatic N) is 1. The van der Waals surface area contributed by atoms with Crippen molar-refractivity contribution in [2.45, 2.75) is 18.4 Å². The van der Waals surface area contributed by atoms with Gasteiger partial charge in [0, 0.05) is 25.9 Å². The summed E-state index contributed by atoms with van der Waals surface area (Å²) >= 11 is 0. The van der Waals surface area contributed by atoms with E-state index in [1.54, 1.807) is 6.07 Å². The number of nitrogens with one attached hydrogen (secondary N) is 1. The van der Waals surface area contributed by atoms with Gasteiger partial charge < -0.3 is 10.5 Å². The lowest BCUT2D eigenvalue weighted by molar-refractivity contribution is 0.153. The van der Waals surface area contributed by atoms with Crippen LogP contribution in [0.25, 0.3) is 0 Å². The Hall–Kier alpha value is -1.02. The van der Waals surface area contributed by atoms with Gasteiger partial charge in [0.1, 0.15) is 4.90 Å². The fourth-order valence-electron chi connectivity index (χ4n) is 1.29. The van der Waals surface area contributed by atoms with E-state index in [1.165, 1.54) is 12.3 Å². The van der Waals surface area contributed by atoms with E-state index in [4.69, 9.17) is 10.5 Å². The van der Waals surface area contributed by atoms with Crippen molar-refractivity contribution in [3.63, 3.8) is 0 Å². The Balaban J connectivity index is 2.75. The third-order valence-electron chi connectivity index (χ3n) is 2.07. The fourth-order valence-corrected chi connectivity index (χ4v) is 2.50. The van der Waals surface area contributed by atoms with Crippen LogP contribution in [-0.2, 0) is 21.3 Å². The van der Waals surface area contributed by atoms with Gasteiger partial charge in [-0.2, -0.15) is 0 Å². The molecule has 0 saturated carbocycles. The number of aromatic nitrogens is 1. The molecule has 0 atom stereocenters. The molecule has 7 heteroatoms. The lowest BCUT2D eigenvalue weighted by Crippen LogP contribution is -2.28. The van der Waals surface area contributed by atoms with E-state index in [9.17, 15) is 8.42 Å². The lowest BCUT2D eigenvalue weighted by Gasteiger charge is -2.09. The molecule has 0 saturated heterocycles. The van der Waals surface area contributed by atoms with Gasteiger partial charge in [0.2, 0.25) is 10.0 Å². The zero-order valence-corrected chi connectivity index (χ0v) is 10.5. The van der Waals surface area contributed by atoms with Crippen molar-refractivity contribution in [2.75, 3.05) is 19.8 Å². The van der Waals surface area contributed by atoms with Crippen molar-refractivity contribution in [1.82, 2.24) is 9.71 Å². The molecule has 6 nitrogen and oxygen atoms in total. The third-order valence-corrected chi connectivity index (χ3v) is 3.61. The molecule has 0 fully saturated rings. The maximum atomic E-state index is 11.9. The number of ether oxygens (including phenoxy) is 1. The van der Waals surface area contributed by atoms with Gasteiger partial charge in [-0.05, 0) is 19.1 Å². The number of hydrogen-bond acceptors (Lipinski definition) is 5. The molecule has 17 heavy (non-hydrogen) atoms. The van der Waals surface area contributed by atoms with Crippen molar-refractivity contribution < 1.29 is 13.2 Å². The summed E-state index contributed by atoms with van der Waals surface area (Å²) < 4.78 is 31.3. The predicted molar refractivity (Wildman–Crippen MR) is 63.8 cm³/mol. The summed E-state index contributed by atoms with van der Waals surface area (Å²) in [6.07, 6.45) is 1.52. The Bertz CT molecular complexity index is 448. The molecule has 0 aliphatic heterocycles. The van der Waals surface area contributed by atoms with Gasteiger partial charge in [0.25, 0.3) is 0 Å². The smallest absolute Gasteiger partial charge is 0.242 e. The largest absolute Gasteiger partial charge is 0.380 e. The van der Waals surface area contributed by atoms with Crippen LogP contribution in [-0.4, -0.2) is 33.2 Å². The van der Waals surface area contributed by atoms with E-state index in [-0.39, 0.29) is 18.0 Å². The van der Waals surface area contributed by atoms with E-state index in [0.29, 0.717) is 18.9 Å². The monoisotopic (exact) mass is 259 g/mol. The molecule has 1 aromatic rings. The van der Waals surface area contributed by atoms with E-state index in [2.05, 4.69) is 9.71 Å². The second-order valence-corrected chi connectivity index (χ2v) is 4.98. The zero-order valence-electron chi connectivity index (χ0n) is 9.72. The molecule has 1 aromatic heterocycles. The molecule has 0 aromatic carbocycles. The second kappa shape index (κ2) is 6.65. The van der Waals surface area contributed by atoms with Crippen molar-refractivity contribution in [3.05, 3.63) is 24.0 Å². The Morgan fingerprint density at radius 1 is 1.53 bits per heavy atom. The number of sulfonamides is 1. The summed E-state index contributed by atoms with van der Waals surface area (Å²) in [7, 11) is -3.56. The molecular weight excluding hydrogens is 242 g/mol. The summed E-state index contributed by atoms with van der Waals surface area (Å²) in [6, 6.07) is 3.05. The van der Waals surface area contributed by atoms with Crippen LogP contribution in [0.4, 0.5) is 0 Å². The summed E-state index contributed by atoms with van der Waals surface area (Å²) in [6.45, 7) is 3.07. The first-order valence-electron chi connectivity index (χ1n) is 5.33. The molecule has 1 heterocycles. The molecule has 0 radical (unpaired) electrons. The lowest BCUT2D eigenvalue weighted by atomic mass is 10.3. The Kier molecular flexibility index (Phi) is 5.49. The SMILES string of the molecule is CCOCCNS(=O)(=O)c1cccnc1CN. The number of rotatable bonds is 7. The number of pyridine rings is 1. The van der Waals surface area contributed by atoms with Crippen LogP contribution in [0.1, 0.15) is 12.6 Å². The highest BCUT2D eigenvalue weighted by Crippen LogP contribution is 2.11. The van der Waals surface area contributed by atoms with Crippen LogP contribution in [0.5, 0.6) is 0 Å². The first-order valence-corrected chi connectivity index (χ1v) is 6.81. The molecule has 0 spiro atoms. The highest BCUT2D eigenvalue weighted by molar-refractivity contribution is 7.89. The third kappa shape index (κ3) is 4.04. The first kappa shape index (κ1) is 14.0. The fraction of sp³-hybridized carbons (Fsp3) is 0.500. The maximum absolute atomic E-state index is 11.9. The maximum Gasteiger partial charge on any atom is 0.242 e. The van der Waals surface area contributed by atoms with Gasteiger partial charge >= 0.3 is 0 Å². The molecule has 96 valence electrons. The minimum absolute atomic E-state index is 0.0859. The summed E-state index contributed by atoms with van der Waals surface area (Å²) in [5.74, 6) is 0. The van der Waals surface area contributed by atoms with Gasteiger partial charge in [0.05, 0.1) is 12.3 Å². The molecular formula is C10H17N3O3S. The standard InChI is InChI=1S/C10H17N3O3S/c1-2-16-7-6-13-17(14,15)10-4-3-5-12-9(10)8-11/h3-5,13H,2,6-8,11H2,1H3. The van der Waals surface area contributed by atoms with Gasteiger partial charge in [0.15, 0.2) is 0 Å². The van der Waals surface area contributed by atoms with Gasteiger partial charge in [-0.1, -0.05) is 0 Å². The highest BCUT2D eigenvalue weighted by atomic mass is 32.2. The van der Waals surface area contributed by atoms with Crippen LogP contribution < -0.4 is 10.5 Å². The molecule has 0 bridgehead atoms. The van der Waals surface area contributed by atoms with E-state index >= 15 is 0 Å². The minimum atomic E-state index is -3.56. The van der Waals surface area contributed by atoms with Crippen LogP contribution in [0, 0.1) is 0 Å². The molecule has 0 aliphatic rings. The Morgan fingerprint density at radius 2 is 2.29 bits per heavy atom. The average Bonchev–Trinajstić information content (AvgIpc) is 2.34. The van der Waals surface area contributed by atoms with Crippen molar-refractivity contribution >= 4 is 10.0 Å². The van der Waals surface area contributed by atoms with E-state index < -0.39 is 10.0 Å². The van der Waals surface area contributed by atoms with Crippen LogP contribution in [0.3, 0.4) is 0 Å². The van der Waals surface area contributed by atoms with Crippen molar-refractivity contribution in [3.8, 4) is 0 Å². The zero-order chi connectivity index (χ0) is 12.7. The van der Waals surface area contributed by atoms with Crippen LogP contribution in [0.2, 0.25) is 0 Å². The molecule has 0 unspecified atom stereocenters. The summed E-state index contributed by atoms with van der Waals surface area (Å²) in [4.78, 5) is 4.06. The van der Waals surface area contributed by atoms with Gasteiger partial charge in [-0.3, -0.25) is 4.98 Å². The number of nitrogens with two attached hydrogens (primary N) is 1. The minimum Gasteiger partial charge on any atom is -0.380 e. The number of hydrogen-bond donors (Lipinski definition) is 2. The van der Waals surface area contributed by atoms with Crippen LogP contribution in [0.15, 0.2) is 23.2 Å². The molecule has 1 rings (SSSR count). The normalized spacial score (nSPS) is 11.6. The van der Waals surface area contributed by atoms with Crippen molar-refractivity contribution in [1.29, 1.82) is 0 Å². The van der Waals surface area contributed by atoms with Crippen LogP contribution >= 0.6 is 0 Å². The van der Waals surface area contributed by atoms with Gasteiger partial charge in [-0.25, -0.2) is 13.1 Å². The molecule has 0 amide bonds. The Morgan fingerprint density at radius 3 is 2.94 bits per heavy atom. The first-order chi connectivity index (χ1) is 8.11. The van der Waals surface area contributed by atoms with E-state index in [0.717, 1.165) is 0 Å². The van der Waals surface area contributed by atoms with Gasteiger partial charge in [-0.15, -0.1) is 0 Å². The quantitative estimate of drug-likeness (QED) is 0.664. The summed E-state index contributed by atoms with van der Waals surface area (Å²) in [5.41, 5.74) is 5.80. The van der Waals surface area contributed by atoms with E-state index in [1.807, 2.05) is 6.92 Å². The topological polar surface area (TPSA) is 94.3 Å². The highest BCUT2D eigenvalue weighted by Gasteiger charge is 2.17. The summed E-state index contributed by atoms with van der Waals surface area (Å²) in [5, 5.41) is 0. The van der Waals surface area contributed by atoms with Crippen molar-refractivity contribution in [2.24, 2.45) is 5.73 Å². The second-order valence-electron chi connectivity index (χ2n) is 3.25. The molecule has 3 N–H and O–H groups in total. The predicted octanol–water partition coefficient (Wildman–Crippen LogP) is -0.145. The molecule has 0 aliphatic carbocycles. The average molecular weight is 259 g/mol. The Labute approximate surface area is 101 Å².